The van der Waals surface area contributed by atoms with Crippen molar-refractivity contribution in [3.05, 3.63) is 83.6 Å². The monoisotopic (exact) mass is 980 g/mol. The van der Waals surface area contributed by atoms with Crippen molar-refractivity contribution in [2.75, 3.05) is 51.7 Å². The Balaban J connectivity index is 1.67. The minimum Gasteiger partial charge on any atom is -0.492 e. The molecule has 0 bridgehead atoms. The maximum Gasteiger partial charge on any atom is 0.333 e. The highest BCUT2D eigenvalue weighted by atomic mass is 32.2. The molecule has 364 valence electrons. The standard InChI is InChI=1S/C45H61N3O15S3/c1-42(2,22-20-41(51)63-48-39(49)18-19-40(48)50)30-43(3,4)47-36-17-15-32(66(58,59)62-9)29-34(36)45(6,23-25-60-7)38(47)13-10-12-37-44(5,21-11-27-64(52,53)54)33-28-31(65(55,56)57)14-16-35(33)46(37)24-26-61-8/h10,12-19,28-29H,11,20-27,30H2,1-9H3,(H3-,49,50,52,53,54,55,56,57)/p+1. The van der Waals surface area contributed by atoms with Crippen LogP contribution in [0.25, 0.3) is 0 Å². The molecule has 2 aliphatic heterocycles. The smallest absolute Gasteiger partial charge is 0.333 e. The third kappa shape index (κ3) is 11.2. The molecule has 2 aliphatic rings. The van der Waals surface area contributed by atoms with E-state index in [-0.39, 0.29) is 42.3 Å². The van der Waals surface area contributed by atoms with E-state index in [1.54, 1.807) is 25.3 Å². The number of benzene rings is 2. The van der Waals surface area contributed by atoms with Crippen LogP contribution in [-0.2, 0) is 59.6 Å². The molecule has 1 aromatic heterocycles. The average Bonchev–Trinajstić information content (AvgIpc) is 3.76. The number of aromatic hydroxyl groups is 2. The van der Waals surface area contributed by atoms with Gasteiger partial charge in [-0.25, -0.2) is 4.79 Å². The number of carbonyl (C=O) groups is 1. The molecule has 18 nitrogen and oxygen atoms in total. The zero-order valence-electron chi connectivity index (χ0n) is 38.8. The van der Waals surface area contributed by atoms with Crippen molar-refractivity contribution < 1.29 is 72.4 Å². The molecule has 0 spiro atoms. The Morgan fingerprint density at radius 1 is 0.818 bits per heavy atom. The summed E-state index contributed by atoms with van der Waals surface area (Å²) in [7, 11) is -8.91. The molecule has 5 rings (SSSR count). The highest BCUT2D eigenvalue weighted by molar-refractivity contribution is 7.86. The van der Waals surface area contributed by atoms with E-state index >= 15 is 0 Å². The Morgan fingerprint density at radius 2 is 1.44 bits per heavy atom. The number of allylic oxidation sites excluding steroid dienone is 4. The summed E-state index contributed by atoms with van der Waals surface area (Å²) in [5, 5.41) is 20.0. The van der Waals surface area contributed by atoms with Gasteiger partial charge in [0.2, 0.25) is 17.4 Å². The van der Waals surface area contributed by atoms with Gasteiger partial charge in [0.1, 0.15) is 6.61 Å². The van der Waals surface area contributed by atoms with Gasteiger partial charge in [0.05, 0.1) is 28.1 Å². The van der Waals surface area contributed by atoms with E-state index in [4.69, 9.17) is 18.5 Å². The summed E-state index contributed by atoms with van der Waals surface area (Å²) in [5.41, 5.74) is 0.730. The van der Waals surface area contributed by atoms with E-state index in [0.717, 1.165) is 18.5 Å². The molecule has 0 radical (unpaired) electrons. The normalized spacial score (nSPS) is 19.9. The van der Waals surface area contributed by atoms with Crippen molar-refractivity contribution in [3.8, 4) is 11.8 Å². The first kappa shape index (κ1) is 52.4. The zero-order chi connectivity index (χ0) is 49.3. The van der Waals surface area contributed by atoms with E-state index in [9.17, 15) is 49.4 Å². The predicted molar refractivity (Wildman–Crippen MR) is 246 cm³/mol. The van der Waals surface area contributed by atoms with Crippen molar-refractivity contribution >= 4 is 53.4 Å². The molecule has 66 heavy (non-hydrogen) atoms. The Hall–Kier alpha value is -4.61. The lowest BCUT2D eigenvalue weighted by atomic mass is 9.75. The minimum absolute atomic E-state index is 0.00527. The molecule has 0 saturated carbocycles. The third-order valence-electron chi connectivity index (χ3n) is 12.6. The number of methoxy groups -OCH3 is 2. The van der Waals surface area contributed by atoms with Crippen LogP contribution in [0.1, 0.15) is 91.2 Å². The summed E-state index contributed by atoms with van der Waals surface area (Å²) in [5.74, 6) is -2.10. The highest BCUT2D eigenvalue weighted by Crippen LogP contribution is 2.55. The van der Waals surface area contributed by atoms with Crippen LogP contribution in [0.4, 0.5) is 11.4 Å². The summed E-state index contributed by atoms with van der Waals surface area (Å²) in [6, 6.07) is 11.5. The molecular formula is C45H62N3O15S3+. The summed E-state index contributed by atoms with van der Waals surface area (Å²) in [6.07, 6.45) is 6.94. The number of nitrogens with zero attached hydrogens (tertiary/aromatic N) is 3. The number of rotatable bonds is 22. The highest BCUT2D eigenvalue weighted by Gasteiger charge is 2.51. The Kier molecular flexibility index (Phi) is 15.5. The van der Waals surface area contributed by atoms with Crippen molar-refractivity contribution in [1.29, 1.82) is 0 Å². The second-order valence-corrected chi connectivity index (χ2v) is 23.2. The number of ether oxygens (including phenoxy) is 2. The maximum absolute atomic E-state index is 13.2. The lowest BCUT2D eigenvalue weighted by molar-refractivity contribution is -0.441. The van der Waals surface area contributed by atoms with Gasteiger partial charge in [0.15, 0.2) is 12.3 Å². The minimum atomic E-state index is -4.63. The molecule has 0 amide bonds. The van der Waals surface area contributed by atoms with Crippen molar-refractivity contribution in [3.63, 3.8) is 0 Å². The first-order valence-electron chi connectivity index (χ1n) is 21.2. The number of fused-ring (bicyclic) bond motifs is 2. The molecular weight excluding hydrogens is 919 g/mol. The van der Waals surface area contributed by atoms with Crippen LogP contribution in [0.3, 0.4) is 0 Å². The summed E-state index contributed by atoms with van der Waals surface area (Å²) < 4.78 is 113. The van der Waals surface area contributed by atoms with Crippen LogP contribution in [0.2, 0.25) is 0 Å². The Morgan fingerprint density at radius 3 is 2.03 bits per heavy atom. The third-order valence-corrected chi connectivity index (χ3v) is 15.5. The fraction of sp³-hybridized carbons (Fsp3) is 0.511. The number of hydrogen-bond donors (Lipinski definition) is 4. The second kappa shape index (κ2) is 19.5. The molecule has 2 unspecified atom stereocenters. The number of hydrogen-bond acceptors (Lipinski definition) is 14. The van der Waals surface area contributed by atoms with E-state index in [0.29, 0.717) is 53.1 Å². The van der Waals surface area contributed by atoms with Crippen LogP contribution in [-0.4, -0.2) is 118 Å². The largest absolute Gasteiger partial charge is 0.492 e. The van der Waals surface area contributed by atoms with Crippen LogP contribution < -0.4 is 9.74 Å². The maximum atomic E-state index is 13.2. The van der Waals surface area contributed by atoms with Gasteiger partial charge in [-0.15, -0.1) is 4.73 Å². The fourth-order valence-electron chi connectivity index (χ4n) is 9.54. The van der Waals surface area contributed by atoms with Crippen molar-refractivity contribution in [2.45, 2.75) is 106 Å². The molecule has 0 saturated heterocycles. The van der Waals surface area contributed by atoms with Gasteiger partial charge in [0, 0.05) is 79.4 Å². The first-order valence-corrected chi connectivity index (χ1v) is 25.7. The predicted octanol–water partition coefficient (Wildman–Crippen LogP) is 6.04. The topological polar surface area (TPSA) is 249 Å². The van der Waals surface area contributed by atoms with Crippen LogP contribution in [0, 0.1) is 5.41 Å². The Labute approximate surface area is 387 Å². The Bertz CT molecular complexity index is 2740. The SMILES string of the molecule is COCC[N+]1=C(C=CC=C2N(C(C)(C)CC(C)(C)CCC(=O)On3c(O)ccc3O)c3ccc(S(=O)(=O)OC)cc3C2(C)CCOC)C(C)(CCCS(=O)(=O)O)c2cc(S(=O)(=O)O)ccc21. The first-order chi connectivity index (χ1) is 30.5. The molecule has 0 fully saturated rings. The van der Waals surface area contributed by atoms with E-state index < -0.39 is 75.6 Å². The van der Waals surface area contributed by atoms with Crippen LogP contribution >= 0.6 is 0 Å². The quantitative estimate of drug-likeness (QED) is 0.0509. The average molecular weight is 981 g/mol. The molecule has 21 heteroatoms. The molecule has 0 aliphatic carbocycles. The summed E-state index contributed by atoms with van der Waals surface area (Å²) >= 11 is 0. The number of anilines is 1. The lowest BCUT2D eigenvalue weighted by Crippen LogP contribution is -2.47. The van der Waals surface area contributed by atoms with Gasteiger partial charge in [0.25, 0.3) is 30.4 Å². The molecule has 3 aromatic rings. The van der Waals surface area contributed by atoms with E-state index in [1.165, 1.54) is 37.4 Å². The van der Waals surface area contributed by atoms with Gasteiger partial charge in [-0.2, -0.15) is 29.8 Å². The van der Waals surface area contributed by atoms with Crippen LogP contribution in [0.15, 0.2) is 82.2 Å². The summed E-state index contributed by atoms with van der Waals surface area (Å²) in [4.78, 5) is 19.9. The molecule has 3 heterocycles. The van der Waals surface area contributed by atoms with Gasteiger partial charge in [-0.05, 0) is 107 Å². The molecule has 2 aromatic carbocycles. The zero-order valence-corrected chi connectivity index (χ0v) is 41.2. The number of carbonyl (C=O) groups excluding carboxylic acids is 1. The van der Waals surface area contributed by atoms with Crippen LogP contribution in [0.5, 0.6) is 11.8 Å². The second-order valence-electron chi connectivity index (χ2n) is 18.5. The van der Waals surface area contributed by atoms with E-state index in [1.807, 2.05) is 64.3 Å². The summed E-state index contributed by atoms with van der Waals surface area (Å²) in [6.45, 7) is 12.8. The number of aromatic nitrogens is 1. The van der Waals surface area contributed by atoms with Gasteiger partial charge >= 0.3 is 5.97 Å². The van der Waals surface area contributed by atoms with Crippen molar-refractivity contribution in [1.82, 2.24) is 4.73 Å². The van der Waals surface area contributed by atoms with Gasteiger partial charge in [-0.3, -0.25) is 13.3 Å². The van der Waals surface area contributed by atoms with Crippen molar-refractivity contribution in [2.24, 2.45) is 5.41 Å². The van der Waals surface area contributed by atoms with Gasteiger partial charge in [-0.1, -0.05) is 19.9 Å². The van der Waals surface area contributed by atoms with E-state index in [2.05, 4.69) is 4.90 Å². The molecule has 2 atom stereocenters. The lowest BCUT2D eigenvalue weighted by Gasteiger charge is -2.45. The fourth-order valence-corrected chi connectivity index (χ4v) is 11.2. The molecule has 4 N–H and O–H groups in total. The van der Waals surface area contributed by atoms with Gasteiger partial charge < -0.3 is 29.4 Å².